The Morgan fingerprint density at radius 2 is 1.49 bits per heavy atom. The third-order valence-electron chi connectivity index (χ3n) is 6.02. The molecule has 1 atom stereocenters. The number of primary amides is 1. The van der Waals surface area contributed by atoms with Gasteiger partial charge in [-0.25, -0.2) is 0 Å². The van der Waals surface area contributed by atoms with Gasteiger partial charge in [0, 0.05) is 32.7 Å². The summed E-state index contributed by atoms with van der Waals surface area (Å²) in [7, 11) is 0. The third kappa shape index (κ3) is 8.99. The van der Waals surface area contributed by atoms with Crippen molar-refractivity contribution in [1.82, 2.24) is 9.80 Å². The average molecular weight is 534 g/mol. The van der Waals surface area contributed by atoms with Crippen LogP contribution >= 0.6 is 0 Å². The summed E-state index contributed by atoms with van der Waals surface area (Å²) in [5.41, 5.74) is 3.06. The predicted molar refractivity (Wildman–Crippen MR) is 123 cm³/mol. The van der Waals surface area contributed by atoms with Crippen molar-refractivity contribution in [2.75, 3.05) is 52.5 Å². The van der Waals surface area contributed by atoms with Crippen molar-refractivity contribution in [3.05, 3.63) is 70.8 Å². The van der Waals surface area contributed by atoms with E-state index in [2.05, 4.69) is 9.80 Å². The van der Waals surface area contributed by atoms with Crippen LogP contribution in [0.5, 0.6) is 0 Å². The van der Waals surface area contributed by atoms with Gasteiger partial charge in [0.25, 0.3) is 0 Å². The third-order valence-corrected chi connectivity index (χ3v) is 6.02. The molecule has 0 aromatic heterocycles. The molecule has 0 spiro atoms. The van der Waals surface area contributed by atoms with Gasteiger partial charge in [-0.05, 0) is 29.3 Å². The van der Waals surface area contributed by atoms with Crippen molar-refractivity contribution in [3.8, 4) is 0 Å². The maximum Gasteiger partial charge on any atom is 0.416 e. The van der Waals surface area contributed by atoms with Crippen LogP contribution in [-0.4, -0.2) is 68.3 Å². The molecule has 0 radical (unpaired) electrons. The highest BCUT2D eigenvalue weighted by Gasteiger charge is 2.37. The van der Waals surface area contributed by atoms with Gasteiger partial charge in [0.15, 0.2) is 0 Å². The average Bonchev–Trinajstić information content (AvgIpc) is 2.84. The van der Waals surface area contributed by atoms with Crippen LogP contribution in [0.3, 0.4) is 0 Å². The summed E-state index contributed by atoms with van der Waals surface area (Å²) < 4.78 is 89.9. The van der Waals surface area contributed by atoms with Crippen molar-refractivity contribution < 1.29 is 40.6 Å². The zero-order chi connectivity index (χ0) is 27.1. The van der Waals surface area contributed by atoms with Crippen molar-refractivity contribution >= 4 is 5.91 Å². The molecule has 0 bridgehead atoms. The molecule has 2 aromatic carbocycles. The van der Waals surface area contributed by atoms with Gasteiger partial charge in [-0.15, -0.1) is 0 Å². The molecule has 204 valence electrons. The molecule has 1 aliphatic heterocycles. The first kappa shape index (κ1) is 28.9. The summed E-state index contributed by atoms with van der Waals surface area (Å²) in [6, 6.07) is 10.6. The largest absolute Gasteiger partial charge is 0.416 e. The zero-order valence-electron chi connectivity index (χ0n) is 20.0. The number of carbonyl (C=O) groups is 1. The lowest BCUT2D eigenvalue weighted by molar-refractivity contribution is -0.143. The number of piperazine rings is 1. The van der Waals surface area contributed by atoms with E-state index in [0.717, 1.165) is 5.56 Å². The molecule has 2 N–H and O–H groups in total. The van der Waals surface area contributed by atoms with Crippen LogP contribution in [0.1, 0.15) is 28.3 Å². The van der Waals surface area contributed by atoms with E-state index in [-0.39, 0.29) is 30.9 Å². The van der Waals surface area contributed by atoms with Crippen LogP contribution in [0.15, 0.2) is 48.5 Å². The van der Waals surface area contributed by atoms with Crippen LogP contribution in [0.25, 0.3) is 0 Å². The number of halogens is 6. The van der Waals surface area contributed by atoms with E-state index in [0.29, 0.717) is 51.5 Å². The summed E-state index contributed by atoms with van der Waals surface area (Å²) in [4.78, 5) is 15.1. The Kier molecular flexibility index (Phi) is 9.93. The van der Waals surface area contributed by atoms with Gasteiger partial charge in [-0.3, -0.25) is 14.6 Å². The lowest BCUT2D eigenvalue weighted by atomic mass is 10.0. The number of ether oxygens (including phenoxy) is 2. The van der Waals surface area contributed by atoms with E-state index in [4.69, 9.17) is 15.2 Å². The molecular weight excluding hydrogens is 504 g/mol. The van der Waals surface area contributed by atoms with Gasteiger partial charge >= 0.3 is 12.4 Å². The quantitative estimate of drug-likeness (QED) is 0.348. The summed E-state index contributed by atoms with van der Waals surface area (Å²) in [5.74, 6) is -0.532. The molecule has 1 heterocycles. The molecule has 0 aliphatic carbocycles. The Labute approximate surface area is 210 Å². The van der Waals surface area contributed by atoms with E-state index in [1.54, 1.807) is 0 Å². The molecule has 6 nitrogen and oxygen atoms in total. The molecular formula is C25H29F6N3O3. The van der Waals surface area contributed by atoms with Gasteiger partial charge < -0.3 is 15.2 Å². The van der Waals surface area contributed by atoms with Gasteiger partial charge in [0.05, 0.1) is 37.0 Å². The molecule has 1 aliphatic rings. The number of hydrogen-bond acceptors (Lipinski definition) is 5. The number of nitrogens with two attached hydrogens (primary N) is 1. The topological polar surface area (TPSA) is 68.0 Å². The Hall–Kier alpha value is -2.67. The van der Waals surface area contributed by atoms with Crippen LogP contribution < -0.4 is 5.73 Å². The monoisotopic (exact) mass is 533 g/mol. The first-order valence-corrected chi connectivity index (χ1v) is 11.7. The fourth-order valence-electron chi connectivity index (χ4n) is 4.14. The summed E-state index contributed by atoms with van der Waals surface area (Å²) in [6.45, 7) is 3.31. The van der Waals surface area contributed by atoms with Crippen LogP contribution in [0.4, 0.5) is 26.3 Å². The SMILES string of the molecule is NC(=O)COCCN1CCN(C(COCc2cc(C(F)(F)F)cc(C(F)(F)F)c2)c2ccccc2)CC1. The second-order valence-electron chi connectivity index (χ2n) is 8.75. The van der Waals surface area contributed by atoms with E-state index < -0.39 is 36.0 Å². The van der Waals surface area contributed by atoms with Crippen molar-refractivity contribution in [1.29, 1.82) is 0 Å². The minimum absolute atomic E-state index is 0.0866. The standard InChI is InChI=1S/C25H29F6N3O3/c26-24(27,28)20-12-18(13-21(14-20)25(29,30)31)15-37-16-22(19-4-2-1-3-5-19)34-8-6-33(7-9-34)10-11-36-17-23(32)35/h1-5,12-14,22H,6-11,15-17H2,(H2,32,35). The molecule has 1 unspecified atom stereocenters. The maximum atomic E-state index is 13.2. The number of nitrogens with zero attached hydrogens (tertiary/aromatic N) is 2. The Bertz CT molecular complexity index is 977. The van der Waals surface area contributed by atoms with Gasteiger partial charge in [0.1, 0.15) is 6.61 Å². The molecule has 0 saturated carbocycles. The normalized spacial score (nSPS) is 16.6. The second kappa shape index (κ2) is 12.7. The van der Waals surface area contributed by atoms with Crippen LogP contribution in [-0.2, 0) is 33.2 Å². The summed E-state index contributed by atoms with van der Waals surface area (Å²) in [5, 5.41) is 0. The number of benzene rings is 2. The minimum atomic E-state index is -4.91. The summed E-state index contributed by atoms with van der Waals surface area (Å²) in [6.07, 6.45) is -9.82. The Morgan fingerprint density at radius 1 is 0.892 bits per heavy atom. The van der Waals surface area contributed by atoms with Crippen molar-refractivity contribution in [2.24, 2.45) is 5.73 Å². The highest BCUT2D eigenvalue weighted by atomic mass is 19.4. The first-order chi connectivity index (χ1) is 17.4. The van der Waals surface area contributed by atoms with Crippen molar-refractivity contribution in [3.63, 3.8) is 0 Å². The number of rotatable bonds is 11. The Morgan fingerprint density at radius 3 is 2.03 bits per heavy atom. The zero-order valence-corrected chi connectivity index (χ0v) is 20.0. The van der Waals surface area contributed by atoms with Crippen molar-refractivity contribution in [2.45, 2.75) is 25.0 Å². The molecule has 1 saturated heterocycles. The number of alkyl halides is 6. The molecule has 2 aromatic rings. The lowest BCUT2D eigenvalue weighted by Gasteiger charge is -2.39. The fourth-order valence-corrected chi connectivity index (χ4v) is 4.14. The van der Waals surface area contributed by atoms with Crippen LogP contribution in [0, 0.1) is 0 Å². The molecule has 37 heavy (non-hydrogen) atoms. The number of hydrogen-bond donors (Lipinski definition) is 1. The van der Waals surface area contributed by atoms with E-state index in [1.165, 1.54) is 0 Å². The molecule has 1 amide bonds. The van der Waals surface area contributed by atoms with E-state index in [9.17, 15) is 31.1 Å². The minimum Gasteiger partial charge on any atom is -0.375 e. The predicted octanol–water partition coefficient (Wildman–Crippen LogP) is 4.10. The highest BCUT2D eigenvalue weighted by Crippen LogP contribution is 2.36. The van der Waals surface area contributed by atoms with Gasteiger partial charge in [0.2, 0.25) is 5.91 Å². The maximum absolute atomic E-state index is 13.2. The lowest BCUT2D eigenvalue weighted by Crippen LogP contribution is -2.49. The molecule has 3 rings (SSSR count). The van der Waals surface area contributed by atoms with Gasteiger partial charge in [-0.1, -0.05) is 30.3 Å². The van der Waals surface area contributed by atoms with Crippen LogP contribution in [0.2, 0.25) is 0 Å². The smallest absolute Gasteiger partial charge is 0.375 e. The molecule has 1 fully saturated rings. The number of amides is 1. The highest BCUT2D eigenvalue weighted by molar-refractivity contribution is 5.74. The molecule has 12 heteroatoms. The van der Waals surface area contributed by atoms with Gasteiger partial charge in [-0.2, -0.15) is 26.3 Å². The first-order valence-electron chi connectivity index (χ1n) is 11.7. The number of carbonyl (C=O) groups excluding carboxylic acids is 1. The Balaban J connectivity index is 1.64. The van der Waals surface area contributed by atoms with E-state index in [1.807, 2.05) is 30.3 Å². The second-order valence-corrected chi connectivity index (χ2v) is 8.75. The van der Waals surface area contributed by atoms with E-state index >= 15 is 0 Å². The fraction of sp³-hybridized carbons (Fsp3) is 0.480. The summed E-state index contributed by atoms with van der Waals surface area (Å²) >= 11 is 0.